The third kappa shape index (κ3) is 4.04. The molecule has 0 radical (unpaired) electrons. The van der Waals surface area contributed by atoms with Crippen LogP contribution in [0.4, 0.5) is 14.5 Å². The van der Waals surface area contributed by atoms with Gasteiger partial charge in [0.05, 0.1) is 17.9 Å². The minimum absolute atomic E-state index is 0.158. The topological polar surface area (TPSA) is 34.1 Å². The number of rotatable bonds is 5. The standard InChI is InChI=1S/C15H15ClF2N2O/c1-9-7-11(8-19-14(9)16)20-10(2)12-5-3-4-6-13(12)21-15(17)18/h3-8,10,15,20H,1-2H3. The Balaban J connectivity index is 2.19. The Morgan fingerprint density at radius 1 is 1.29 bits per heavy atom. The summed E-state index contributed by atoms with van der Waals surface area (Å²) >= 11 is 5.87. The summed E-state index contributed by atoms with van der Waals surface area (Å²) in [5.41, 5.74) is 2.24. The number of hydrogen-bond donors (Lipinski definition) is 1. The van der Waals surface area contributed by atoms with Crippen molar-refractivity contribution in [2.45, 2.75) is 26.5 Å². The molecule has 1 atom stereocenters. The van der Waals surface area contributed by atoms with Gasteiger partial charge in [-0.05, 0) is 31.5 Å². The second-order valence-corrected chi connectivity index (χ2v) is 4.97. The zero-order valence-corrected chi connectivity index (χ0v) is 12.4. The minimum Gasteiger partial charge on any atom is -0.434 e. The average Bonchev–Trinajstić information content (AvgIpc) is 2.43. The zero-order chi connectivity index (χ0) is 15.4. The molecule has 0 amide bonds. The van der Waals surface area contributed by atoms with Crippen LogP contribution in [0.5, 0.6) is 5.75 Å². The number of halogens is 3. The van der Waals surface area contributed by atoms with E-state index in [1.165, 1.54) is 6.07 Å². The second-order valence-electron chi connectivity index (χ2n) is 4.61. The first kappa shape index (κ1) is 15.5. The SMILES string of the molecule is Cc1cc(NC(C)c2ccccc2OC(F)F)cnc1Cl. The van der Waals surface area contributed by atoms with Crippen LogP contribution in [0, 0.1) is 6.92 Å². The van der Waals surface area contributed by atoms with E-state index in [-0.39, 0.29) is 11.8 Å². The molecule has 2 aromatic rings. The van der Waals surface area contributed by atoms with Gasteiger partial charge in [0.25, 0.3) is 0 Å². The fourth-order valence-corrected chi connectivity index (χ4v) is 2.11. The third-order valence-corrected chi connectivity index (χ3v) is 3.39. The number of nitrogens with one attached hydrogen (secondary N) is 1. The van der Waals surface area contributed by atoms with E-state index < -0.39 is 6.61 Å². The summed E-state index contributed by atoms with van der Waals surface area (Å²) in [4.78, 5) is 4.05. The van der Waals surface area contributed by atoms with Crippen molar-refractivity contribution in [3.8, 4) is 5.75 Å². The molecule has 3 nitrogen and oxygen atoms in total. The number of pyridine rings is 1. The summed E-state index contributed by atoms with van der Waals surface area (Å²) < 4.78 is 29.4. The van der Waals surface area contributed by atoms with E-state index in [1.54, 1.807) is 24.4 Å². The van der Waals surface area contributed by atoms with Gasteiger partial charge in [0.15, 0.2) is 0 Å². The average molecular weight is 313 g/mol. The van der Waals surface area contributed by atoms with E-state index in [9.17, 15) is 8.78 Å². The van der Waals surface area contributed by atoms with Crippen molar-refractivity contribution in [3.63, 3.8) is 0 Å². The first-order chi connectivity index (χ1) is 9.97. The molecule has 112 valence electrons. The molecule has 0 aliphatic carbocycles. The van der Waals surface area contributed by atoms with Crippen molar-refractivity contribution >= 4 is 17.3 Å². The van der Waals surface area contributed by atoms with Gasteiger partial charge in [-0.1, -0.05) is 29.8 Å². The molecule has 6 heteroatoms. The molecule has 0 fully saturated rings. The van der Waals surface area contributed by atoms with E-state index in [0.717, 1.165) is 11.3 Å². The summed E-state index contributed by atoms with van der Waals surface area (Å²) in [6.45, 7) is 0.856. The lowest BCUT2D eigenvalue weighted by atomic mass is 10.1. The molecule has 1 heterocycles. The number of aryl methyl sites for hydroxylation is 1. The quantitative estimate of drug-likeness (QED) is 0.804. The van der Waals surface area contributed by atoms with Gasteiger partial charge < -0.3 is 10.1 Å². The maximum atomic E-state index is 12.4. The molecule has 2 rings (SSSR count). The van der Waals surface area contributed by atoms with Crippen LogP contribution in [0.2, 0.25) is 5.15 Å². The molecule has 0 saturated heterocycles. The van der Waals surface area contributed by atoms with Gasteiger partial charge in [0.2, 0.25) is 0 Å². The number of anilines is 1. The molecule has 1 unspecified atom stereocenters. The summed E-state index contributed by atoms with van der Waals surface area (Å²) in [7, 11) is 0. The first-order valence-electron chi connectivity index (χ1n) is 6.40. The Bertz CT molecular complexity index is 622. The van der Waals surface area contributed by atoms with Crippen LogP contribution in [0.3, 0.4) is 0 Å². The Morgan fingerprint density at radius 3 is 2.67 bits per heavy atom. The molecule has 0 aliphatic heterocycles. The number of benzene rings is 1. The molecule has 0 spiro atoms. The van der Waals surface area contributed by atoms with Crippen molar-refractivity contribution in [2.24, 2.45) is 0 Å². The maximum Gasteiger partial charge on any atom is 0.387 e. The summed E-state index contributed by atoms with van der Waals surface area (Å²) in [6, 6.07) is 8.32. The molecule has 0 bridgehead atoms. The summed E-state index contributed by atoms with van der Waals surface area (Å²) in [6.07, 6.45) is 1.60. The van der Waals surface area contributed by atoms with Crippen molar-refractivity contribution in [2.75, 3.05) is 5.32 Å². The molecule has 0 saturated carbocycles. The van der Waals surface area contributed by atoms with Gasteiger partial charge in [-0.15, -0.1) is 0 Å². The minimum atomic E-state index is -2.85. The van der Waals surface area contributed by atoms with E-state index in [0.29, 0.717) is 10.7 Å². The fourth-order valence-electron chi connectivity index (χ4n) is 2.01. The summed E-state index contributed by atoms with van der Waals surface area (Å²) in [5.74, 6) is 0.158. The van der Waals surface area contributed by atoms with Gasteiger partial charge in [-0.2, -0.15) is 8.78 Å². The van der Waals surface area contributed by atoms with Gasteiger partial charge >= 0.3 is 6.61 Å². The predicted molar refractivity (Wildman–Crippen MR) is 79.1 cm³/mol. The van der Waals surface area contributed by atoms with E-state index in [4.69, 9.17) is 11.6 Å². The zero-order valence-electron chi connectivity index (χ0n) is 11.6. The first-order valence-corrected chi connectivity index (χ1v) is 6.77. The number of para-hydroxylation sites is 1. The third-order valence-electron chi connectivity index (χ3n) is 3.00. The van der Waals surface area contributed by atoms with Crippen molar-refractivity contribution in [3.05, 3.63) is 52.8 Å². The largest absolute Gasteiger partial charge is 0.434 e. The van der Waals surface area contributed by atoms with Crippen LogP contribution in [0.15, 0.2) is 36.5 Å². The number of ether oxygens (including phenoxy) is 1. The Morgan fingerprint density at radius 2 is 2.00 bits per heavy atom. The number of nitrogens with zero attached hydrogens (tertiary/aromatic N) is 1. The van der Waals surface area contributed by atoms with Crippen LogP contribution >= 0.6 is 11.6 Å². The number of alkyl halides is 2. The molecule has 0 aliphatic rings. The lowest BCUT2D eigenvalue weighted by Gasteiger charge is -2.19. The lowest BCUT2D eigenvalue weighted by Crippen LogP contribution is -2.11. The highest BCUT2D eigenvalue weighted by atomic mass is 35.5. The van der Waals surface area contributed by atoms with Crippen molar-refractivity contribution in [1.82, 2.24) is 4.98 Å². The Labute approximate surface area is 126 Å². The van der Waals surface area contributed by atoms with E-state index >= 15 is 0 Å². The van der Waals surface area contributed by atoms with Gasteiger partial charge in [-0.25, -0.2) is 4.98 Å². The van der Waals surface area contributed by atoms with Crippen molar-refractivity contribution in [1.29, 1.82) is 0 Å². The van der Waals surface area contributed by atoms with Gasteiger partial charge in [0, 0.05) is 5.56 Å². The Kier molecular flexibility index (Phi) is 4.96. The smallest absolute Gasteiger partial charge is 0.387 e. The normalized spacial score (nSPS) is 12.3. The molecular weight excluding hydrogens is 298 g/mol. The monoisotopic (exact) mass is 312 g/mol. The Hall–Kier alpha value is -1.88. The van der Waals surface area contributed by atoms with Crippen LogP contribution in [-0.2, 0) is 0 Å². The maximum absolute atomic E-state index is 12.4. The number of hydrogen-bond acceptors (Lipinski definition) is 3. The highest BCUT2D eigenvalue weighted by Crippen LogP contribution is 2.29. The highest BCUT2D eigenvalue weighted by Gasteiger charge is 2.14. The fraction of sp³-hybridized carbons (Fsp3) is 0.267. The molecule has 1 aromatic carbocycles. The van der Waals surface area contributed by atoms with Crippen LogP contribution < -0.4 is 10.1 Å². The number of aromatic nitrogens is 1. The highest BCUT2D eigenvalue weighted by molar-refractivity contribution is 6.30. The van der Waals surface area contributed by atoms with Crippen molar-refractivity contribution < 1.29 is 13.5 Å². The van der Waals surface area contributed by atoms with Gasteiger partial charge in [-0.3, -0.25) is 0 Å². The van der Waals surface area contributed by atoms with Crippen LogP contribution in [0.25, 0.3) is 0 Å². The second kappa shape index (κ2) is 6.72. The van der Waals surface area contributed by atoms with E-state index in [2.05, 4.69) is 15.0 Å². The predicted octanol–water partition coefficient (Wildman–Crippen LogP) is 4.82. The molecular formula is C15H15ClF2N2O. The van der Waals surface area contributed by atoms with Crippen LogP contribution in [0.1, 0.15) is 24.1 Å². The van der Waals surface area contributed by atoms with Gasteiger partial charge in [0.1, 0.15) is 10.9 Å². The van der Waals surface area contributed by atoms with E-state index in [1.807, 2.05) is 19.9 Å². The summed E-state index contributed by atoms with van der Waals surface area (Å²) in [5, 5.41) is 3.63. The molecule has 1 aromatic heterocycles. The molecule has 1 N–H and O–H groups in total. The lowest BCUT2D eigenvalue weighted by molar-refractivity contribution is -0.0505. The van der Waals surface area contributed by atoms with Crippen LogP contribution in [-0.4, -0.2) is 11.6 Å². The molecule has 21 heavy (non-hydrogen) atoms.